The van der Waals surface area contributed by atoms with E-state index in [1.807, 2.05) is 29.3 Å². The average Bonchev–Trinajstić information content (AvgIpc) is 3.16. The van der Waals surface area contributed by atoms with Crippen molar-refractivity contribution >= 4 is 34.0 Å². The van der Waals surface area contributed by atoms with Gasteiger partial charge in [0, 0.05) is 33.4 Å². The highest BCUT2D eigenvalue weighted by Crippen LogP contribution is 2.40. The molecule has 1 aliphatic heterocycles. The van der Waals surface area contributed by atoms with Gasteiger partial charge in [-0.15, -0.1) is 0 Å². The number of nitrogens with one attached hydrogen (secondary N) is 1. The lowest BCUT2D eigenvalue weighted by Gasteiger charge is -2.43. The van der Waals surface area contributed by atoms with Crippen molar-refractivity contribution in [2.75, 3.05) is 43.5 Å². The molecule has 144 valence electrons. The van der Waals surface area contributed by atoms with E-state index in [1.54, 1.807) is 36.4 Å². The molecular formula is C19H25N5O2S. The van der Waals surface area contributed by atoms with Gasteiger partial charge in [-0.3, -0.25) is 9.59 Å². The first-order chi connectivity index (χ1) is 13.0. The number of fused-ring (bicyclic) bond motifs is 1. The molecule has 8 heteroatoms. The third-order valence-corrected chi connectivity index (χ3v) is 5.92. The van der Waals surface area contributed by atoms with Crippen molar-refractivity contribution in [3.05, 3.63) is 40.9 Å². The van der Waals surface area contributed by atoms with E-state index in [4.69, 9.17) is 0 Å². The predicted molar refractivity (Wildman–Crippen MR) is 108 cm³/mol. The van der Waals surface area contributed by atoms with Crippen LogP contribution in [0.3, 0.4) is 0 Å². The van der Waals surface area contributed by atoms with Gasteiger partial charge < -0.3 is 20.0 Å². The highest BCUT2D eigenvalue weighted by molar-refractivity contribution is 7.15. The van der Waals surface area contributed by atoms with E-state index in [0.29, 0.717) is 5.56 Å². The molecule has 1 aliphatic rings. The molecule has 2 aromatic rings. The number of benzene rings is 1. The number of hydrogen-bond donors (Lipinski definition) is 1. The van der Waals surface area contributed by atoms with Gasteiger partial charge in [0.05, 0.1) is 22.7 Å². The summed E-state index contributed by atoms with van der Waals surface area (Å²) < 4.78 is 0. The minimum Gasteiger partial charge on any atom is -0.358 e. The zero-order valence-corrected chi connectivity index (χ0v) is 16.9. The van der Waals surface area contributed by atoms with Gasteiger partial charge in [-0.25, -0.2) is 4.98 Å². The van der Waals surface area contributed by atoms with Gasteiger partial charge in [-0.05, 0) is 26.0 Å². The number of likely N-dealkylation sites (N-methyl/N-ethyl adjacent to an activating group) is 1. The summed E-state index contributed by atoms with van der Waals surface area (Å²) in [6.07, 6.45) is 1.45. The smallest absolute Gasteiger partial charge is 0.257 e. The molecule has 0 spiro atoms. The molecule has 2 amide bonds. The molecule has 1 N–H and O–H groups in total. The molecule has 1 atom stereocenters. The van der Waals surface area contributed by atoms with Crippen molar-refractivity contribution in [1.29, 1.82) is 0 Å². The topological polar surface area (TPSA) is 68.8 Å². The average molecular weight is 388 g/mol. The maximum Gasteiger partial charge on any atom is 0.257 e. The maximum absolute atomic E-state index is 12.9. The molecule has 0 fully saturated rings. The Bertz CT molecular complexity index is 833. The van der Waals surface area contributed by atoms with Crippen LogP contribution in [0, 0.1) is 0 Å². The van der Waals surface area contributed by atoms with Crippen LogP contribution in [0.5, 0.6) is 0 Å². The second-order valence-corrected chi connectivity index (χ2v) is 7.37. The van der Waals surface area contributed by atoms with Gasteiger partial charge in [0.2, 0.25) is 5.91 Å². The van der Waals surface area contributed by atoms with Gasteiger partial charge in [0.15, 0.2) is 5.13 Å². The fraction of sp³-hybridized carbons (Fsp3) is 0.421. The summed E-state index contributed by atoms with van der Waals surface area (Å²) in [5, 5.41) is 3.60. The van der Waals surface area contributed by atoms with E-state index < -0.39 is 0 Å². The Labute approximate surface area is 163 Å². The zero-order valence-electron chi connectivity index (χ0n) is 16.1. The van der Waals surface area contributed by atoms with E-state index >= 15 is 0 Å². The van der Waals surface area contributed by atoms with Gasteiger partial charge in [0.25, 0.3) is 5.91 Å². The van der Waals surface area contributed by atoms with Gasteiger partial charge >= 0.3 is 0 Å². The van der Waals surface area contributed by atoms with Crippen LogP contribution in [-0.4, -0.2) is 55.4 Å². The van der Waals surface area contributed by atoms with Crippen LogP contribution in [0.15, 0.2) is 30.5 Å². The Kier molecular flexibility index (Phi) is 5.65. The number of para-hydroxylation sites is 1. The van der Waals surface area contributed by atoms with Crippen LogP contribution in [0.4, 0.5) is 10.8 Å². The van der Waals surface area contributed by atoms with Crippen LogP contribution in [-0.2, 0) is 4.79 Å². The number of nitrogens with zero attached hydrogens (tertiary/aromatic N) is 4. The second-order valence-electron chi connectivity index (χ2n) is 6.33. The van der Waals surface area contributed by atoms with Crippen LogP contribution in [0.2, 0.25) is 0 Å². The number of aromatic nitrogens is 1. The third-order valence-electron chi connectivity index (χ3n) is 4.82. The number of rotatable bonds is 6. The Morgan fingerprint density at radius 1 is 1.30 bits per heavy atom. The van der Waals surface area contributed by atoms with Crippen molar-refractivity contribution in [2.24, 2.45) is 0 Å². The molecule has 27 heavy (non-hydrogen) atoms. The molecule has 0 saturated heterocycles. The van der Waals surface area contributed by atoms with Gasteiger partial charge in [0.1, 0.15) is 6.17 Å². The molecular weight excluding hydrogens is 362 g/mol. The number of carbonyl (C=O) groups excluding carboxylic acids is 2. The van der Waals surface area contributed by atoms with E-state index in [1.165, 1.54) is 0 Å². The second kappa shape index (κ2) is 7.96. The summed E-state index contributed by atoms with van der Waals surface area (Å²) in [4.78, 5) is 36.4. The Hall–Kier alpha value is -2.61. The molecule has 0 bridgehead atoms. The first-order valence-electron chi connectivity index (χ1n) is 9.05. The van der Waals surface area contributed by atoms with Crippen molar-refractivity contribution in [3.8, 4) is 0 Å². The summed E-state index contributed by atoms with van der Waals surface area (Å²) in [6, 6.07) is 7.42. The summed E-state index contributed by atoms with van der Waals surface area (Å²) in [7, 11) is 3.39. The molecule has 7 nitrogen and oxygen atoms in total. The van der Waals surface area contributed by atoms with Crippen molar-refractivity contribution in [3.63, 3.8) is 0 Å². The van der Waals surface area contributed by atoms with Crippen LogP contribution >= 0.6 is 11.3 Å². The summed E-state index contributed by atoms with van der Waals surface area (Å²) in [5.41, 5.74) is 1.38. The van der Waals surface area contributed by atoms with Crippen molar-refractivity contribution in [2.45, 2.75) is 20.0 Å². The lowest BCUT2D eigenvalue weighted by molar-refractivity contribution is -0.119. The summed E-state index contributed by atoms with van der Waals surface area (Å²) in [5.74, 6) is -0.160. The zero-order chi connectivity index (χ0) is 19.6. The van der Waals surface area contributed by atoms with Crippen LogP contribution in [0.25, 0.3) is 0 Å². The van der Waals surface area contributed by atoms with Gasteiger partial charge in [-0.1, -0.05) is 23.5 Å². The Morgan fingerprint density at radius 3 is 2.67 bits per heavy atom. The molecule has 0 saturated carbocycles. The highest BCUT2D eigenvalue weighted by Gasteiger charge is 2.38. The fourth-order valence-electron chi connectivity index (χ4n) is 3.33. The summed E-state index contributed by atoms with van der Waals surface area (Å²) in [6.45, 7) is 6.08. The molecule has 2 heterocycles. The standard InChI is InChI=1S/C19H25N5O2S/c1-5-23(6-2)19-21-11-15(27-19)17-22(4)18(26)13-9-7-8-10-14(13)24(17)12-16(25)20-3/h7-11,17H,5-6,12H2,1-4H3,(H,20,25)/t17-/m1/s1. The lowest BCUT2D eigenvalue weighted by atomic mass is 10.1. The molecule has 1 aromatic carbocycles. The highest BCUT2D eigenvalue weighted by atomic mass is 32.1. The minimum absolute atomic E-state index is 0.0541. The lowest BCUT2D eigenvalue weighted by Crippen LogP contribution is -2.50. The third kappa shape index (κ3) is 3.49. The fourth-order valence-corrected chi connectivity index (χ4v) is 4.53. The normalized spacial score (nSPS) is 16.3. The van der Waals surface area contributed by atoms with Crippen molar-refractivity contribution in [1.82, 2.24) is 15.2 Å². The van der Waals surface area contributed by atoms with Crippen LogP contribution in [0.1, 0.15) is 35.2 Å². The number of amides is 2. The number of anilines is 2. The predicted octanol–water partition coefficient (Wildman–Crippen LogP) is 2.33. The number of hydrogen-bond acceptors (Lipinski definition) is 6. The molecule has 0 unspecified atom stereocenters. The number of thiazole rings is 1. The SMILES string of the molecule is CCN(CC)c1ncc([C@@H]2N(C)C(=O)c3ccccc3N2CC(=O)NC)s1. The molecule has 3 rings (SSSR count). The minimum atomic E-state index is -0.369. The summed E-state index contributed by atoms with van der Waals surface area (Å²) >= 11 is 1.56. The van der Waals surface area contributed by atoms with E-state index in [2.05, 4.69) is 29.0 Å². The molecule has 0 aliphatic carbocycles. The van der Waals surface area contributed by atoms with E-state index in [-0.39, 0.29) is 24.5 Å². The largest absolute Gasteiger partial charge is 0.358 e. The van der Waals surface area contributed by atoms with Gasteiger partial charge in [-0.2, -0.15) is 0 Å². The van der Waals surface area contributed by atoms with E-state index in [9.17, 15) is 9.59 Å². The monoisotopic (exact) mass is 387 g/mol. The Morgan fingerprint density at radius 2 is 2.00 bits per heavy atom. The maximum atomic E-state index is 12.9. The van der Waals surface area contributed by atoms with Crippen molar-refractivity contribution < 1.29 is 9.59 Å². The first-order valence-corrected chi connectivity index (χ1v) is 9.87. The number of carbonyl (C=O) groups is 2. The molecule has 1 aromatic heterocycles. The first kappa shape index (κ1) is 19.2. The van der Waals surface area contributed by atoms with E-state index in [0.717, 1.165) is 28.8 Å². The quantitative estimate of drug-likeness (QED) is 0.824. The Balaban J connectivity index is 2.06. The van der Waals surface area contributed by atoms with Crippen LogP contribution < -0.4 is 15.1 Å². The molecule has 0 radical (unpaired) electrons.